The summed E-state index contributed by atoms with van der Waals surface area (Å²) < 4.78 is 5.69. The van der Waals surface area contributed by atoms with E-state index in [1.54, 1.807) is 0 Å². The Morgan fingerprint density at radius 1 is 1.29 bits per heavy atom. The largest absolute Gasteiger partial charge is 0.409 e. The molecule has 0 unspecified atom stereocenters. The van der Waals surface area contributed by atoms with Gasteiger partial charge in [0.05, 0.1) is 6.61 Å². The fraction of sp³-hybridized carbons (Fsp3) is 0.923. The van der Waals surface area contributed by atoms with Crippen molar-refractivity contribution in [3.63, 3.8) is 0 Å². The predicted octanol–water partition coefficient (Wildman–Crippen LogP) is 2.89. The highest BCUT2D eigenvalue weighted by molar-refractivity contribution is 5.80. The molecule has 0 bridgehead atoms. The van der Waals surface area contributed by atoms with Crippen molar-refractivity contribution in [3.05, 3.63) is 0 Å². The van der Waals surface area contributed by atoms with Crippen molar-refractivity contribution in [1.82, 2.24) is 0 Å². The Morgan fingerprint density at radius 3 is 2.59 bits per heavy atom. The molecule has 0 radical (unpaired) electrons. The predicted molar refractivity (Wildman–Crippen MR) is 69.3 cm³/mol. The fourth-order valence-corrected chi connectivity index (χ4v) is 2.06. The Balaban J connectivity index is 1.99. The zero-order valence-corrected chi connectivity index (χ0v) is 11.0. The molecule has 0 atom stereocenters. The Morgan fingerprint density at radius 2 is 2.00 bits per heavy atom. The quantitative estimate of drug-likeness (QED) is 0.203. The third kappa shape index (κ3) is 5.91. The normalized spacial score (nSPS) is 18.3. The molecule has 0 heterocycles. The minimum Gasteiger partial charge on any atom is -0.409 e. The molecule has 0 aromatic carbocycles. The molecule has 4 nitrogen and oxygen atoms in total. The van der Waals surface area contributed by atoms with Gasteiger partial charge >= 0.3 is 0 Å². The van der Waals surface area contributed by atoms with E-state index in [0.29, 0.717) is 12.3 Å². The van der Waals surface area contributed by atoms with Crippen molar-refractivity contribution in [2.24, 2.45) is 16.3 Å². The highest BCUT2D eigenvalue weighted by Crippen LogP contribution is 2.48. The first-order valence-corrected chi connectivity index (χ1v) is 6.76. The number of rotatable bonds is 10. The second-order valence-corrected chi connectivity index (χ2v) is 5.23. The van der Waals surface area contributed by atoms with Crippen LogP contribution in [0.1, 0.15) is 58.3 Å². The van der Waals surface area contributed by atoms with Gasteiger partial charge in [-0.2, -0.15) is 0 Å². The SMILES string of the molecule is CCCCCCCOCC1(CC(N)=NO)CC1. The molecule has 0 aromatic heterocycles. The van der Waals surface area contributed by atoms with E-state index in [4.69, 9.17) is 15.7 Å². The van der Waals surface area contributed by atoms with Gasteiger partial charge in [-0.05, 0) is 19.3 Å². The van der Waals surface area contributed by atoms with Crippen LogP contribution in [0, 0.1) is 5.41 Å². The van der Waals surface area contributed by atoms with E-state index in [-0.39, 0.29) is 5.41 Å². The van der Waals surface area contributed by atoms with Crippen molar-refractivity contribution in [1.29, 1.82) is 0 Å². The molecule has 4 heteroatoms. The molecule has 0 spiro atoms. The molecular weight excluding hydrogens is 216 g/mol. The Kier molecular flexibility index (Phi) is 6.34. The third-order valence-corrected chi connectivity index (χ3v) is 3.44. The van der Waals surface area contributed by atoms with E-state index < -0.39 is 0 Å². The topological polar surface area (TPSA) is 67.8 Å². The van der Waals surface area contributed by atoms with E-state index in [1.807, 2.05) is 0 Å². The monoisotopic (exact) mass is 242 g/mol. The van der Waals surface area contributed by atoms with Gasteiger partial charge in [0.15, 0.2) is 0 Å². The van der Waals surface area contributed by atoms with Crippen LogP contribution < -0.4 is 5.73 Å². The van der Waals surface area contributed by atoms with E-state index in [1.165, 1.54) is 25.7 Å². The van der Waals surface area contributed by atoms with Crippen molar-refractivity contribution in [3.8, 4) is 0 Å². The minimum absolute atomic E-state index is 0.180. The summed E-state index contributed by atoms with van der Waals surface area (Å²) in [5.74, 6) is 0.328. The molecule has 1 aliphatic rings. The molecule has 1 fully saturated rings. The number of hydrogen-bond acceptors (Lipinski definition) is 3. The Bertz CT molecular complexity index is 238. The molecule has 17 heavy (non-hydrogen) atoms. The van der Waals surface area contributed by atoms with Gasteiger partial charge in [0.2, 0.25) is 0 Å². The van der Waals surface area contributed by atoms with Gasteiger partial charge in [0.1, 0.15) is 5.84 Å². The second-order valence-electron chi connectivity index (χ2n) is 5.23. The molecule has 0 aliphatic heterocycles. The van der Waals surface area contributed by atoms with Crippen LogP contribution in [0.3, 0.4) is 0 Å². The minimum atomic E-state index is 0.180. The lowest BCUT2D eigenvalue weighted by Crippen LogP contribution is -2.21. The van der Waals surface area contributed by atoms with Gasteiger partial charge in [-0.1, -0.05) is 37.8 Å². The fourth-order valence-electron chi connectivity index (χ4n) is 2.06. The maximum atomic E-state index is 8.54. The molecule has 100 valence electrons. The van der Waals surface area contributed by atoms with Gasteiger partial charge in [-0.25, -0.2) is 0 Å². The van der Waals surface area contributed by atoms with Crippen LogP contribution in [0.25, 0.3) is 0 Å². The standard InChI is InChI=1S/C13H26N2O2/c1-2-3-4-5-6-9-17-11-13(7-8-13)10-12(14)15-16/h16H,2-11H2,1H3,(H2,14,15). The lowest BCUT2D eigenvalue weighted by molar-refractivity contribution is 0.0890. The summed E-state index contributed by atoms with van der Waals surface area (Å²) in [6, 6.07) is 0. The number of nitrogens with two attached hydrogens (primary N) is 1. The lowest BCUT2D eigenvalue weighted by atomic mass is 10.0. The number of amidine groups is 1. The highest BCUT2D eigenvalue weighted by atomic mass is 16.5. The van der Waals surface area contributed by atoms with Gasteiger partial charge in [0.25, 0.3) is 0 Å². The molecule has 0 saturated heterocycles. The van der Waals surface area contributed by atoms with Crippen LogP contribution >= 0.6 is 0 Å². The molecular formula is C13H26N2O2. The molecule has 1 saturated carbocycles. The van der Waals surface area contributed by atoms with Gasteiger partial charge < -0.3 is 15.7 Å². The highest BCUT2D eigenvalue weighted by Gasteiger charge is 2.43. The summed E-state index contributed by atoms with van der Waals surface area (Å²) in [6.07, 6.45) is 9.28. The average molecular weight is 242 g/mol. The van der Waals surface area contributed by atoms with Crippen molar-refractivity contribution >= 4 is 5.84 Å². The van der Waals surface area contributed by atoms with Crippen molar-refractivity contribution in [2.75, 3.05) is 13.2 Å². The Labute approximate surface area is 104 Å². The van der Waals surface area contributed by atoms with Crippen LogP contribution in [0.5, 0.6) is 0 Å². The van der Waals surface area contributed by atoms with Crippen LogP contribution in [-0.2, 0) is 4.74 Å². The van der Waals surface area contributed by atoms with Gasteiger partial charge in [-0.15, -0.1) is 0 Å². The summed E-state index contributed by atoms with van der Waals surface area (Å²) in [5, 5.41) is 11.6. The van der Waals surface area contributed by atoms with Crippen LogP contribution in [0.4, 0.5) is 0 Å². The van der Waals surface area contributed by atoms with E-state index >= 15 is 0 Å². The van der Waals surface area contributed by atoms with E-state index in [0.717, 1.165) is 32.5 Å². The number of hydrogen-bond donors (Lipinski definition) is 2. The summed E-state index contributed by atoms with van der Waals surface area (Å²) in [7, 11) is 0. The molecule has 1 aliphatic carbocycles. The summed E-state index contributed by atoms with van der Waals surface area (Å²) in [4.78, 5) is 0. The van der Waals surface area contributed by atoms with Gasteiger partial charge in [0, 0.05) is 18.4 Å². The van der Waals surface area contributed by atoms with Crippen LogP contribution in [0.2, 0.25) is 0 Å². The number of ether oxygens (including phenoxy) is 1. The number of oxime groups is 1. The number of nitrogens with zero attached hydrogens (tertiary/aromatic N) is 1. The summed E-state index contributed by atoms with van der Waals surface area (Å²) in [6.45, 7) is 3.83. The zero-order chi connectivity index (χ0) is 12.6. The Hall–Kier alpha value is -0.770. The first kappa shape index (κ1) is 14.3. The van der Waals surface area contributed by atoms with Crippen molar-refractivity contribution in [2.45, 2.75) is 58.3 Å². The summed E-state index contributed by atoms with van der Waals surface area (Å²) in [5.41, 5.74) is 5.71. The maximum Gasteiger partial charge on any atom is 0.139 e. The van der Waals surface area contributed by atoms with Gasteiger partial charge in [-0.3, -0.25) is 0 Å². The maximum absolute atomic E-state index is 8.54. The van der Waals surface area contributed by atoms with Crippen molar-refractivity contribution < 1.29 is 9.94 Å². The van der Waals surface area contributed by atoms with E-state index in [9.17, 15) is 0 Å². The molecule has 0 amide bonds. The van der Waals surface area contributed by atoms with E-state index in [2.05, 4.69) is 12.1 Å². The first-order valence-electron chi connectivity index (χ1n) is 6.76. The molecule has 3 N–H and O–H groups in total. The first-order chi connectivity index (χ1) is 8.22. The zero-order valence-electron chi connectivity index (χ0n) is 11.0. The molecule has 1 rings (SSSR count). The average Bonchev–Trinajstić information content (AvgIpc) is 3.08. The van der Waals surface area contributed by atoms with Crippen LogP contribution in [-0.4, -0.2) is 24.3 Å². The second kappa shape index (κ2) is 7.54. The lowest BCUT2D eigenvalue weighted by Gasteiger charge is -2.14. The smallest absolute Gasteiger partial charge is 0.139 e. The molecule has 0 aromatic rings. The number of unbranched alkanes of at least 4 members (excludes halogenated alkanes) is 4. The third-order valence-electron chi connectivity index (χ3n) is 3.44. The summed E-state index contributed by atoms with van der Waals surface area (Å²) >= 11 is 0. The van der Waals surface area contributed by atoms with Crippen LogP contribution in [0.15, 0.2) is 5.16 Å².